The average molecular weight is 267 g/mol. The fraction of sp³-hybridized carbons (Fsp3) is 0.867. The summed E-state index contributed by atoms with van der Waals surface area (Å²) >= 11 is 0. The summed E-state index contributed by atoms with van der Waals surface area (Å²) in [6, 6.07) is 0. The van der Waals surface area contributed by atoms with Gasteiger partial charge in [0.05, 0.1) is 5.92 Å². The molecule has 0 radical (unpaired) electrons. The van der Waals surface area contributed by atoms with Crippen LogP contribution in [0.4, 0.5) is 0 Å². The summed E-state index contributed by atoms with van der Waals surface area (Å²) in [4.78, 5) is 25.3. The minimum atomic E-state index is -0.732. The van der Waals surface area contributed by atoms with Gasteiger partial charge in [0.1, 0.15) is 0 Å². The number of carboxylic acid groups (broad SMARTS) is 1. The second kappa shape index (κ2) is 5.51. The van der Waals surface area contributed by atoms with Gasteiger partial charge in [0.15, 0.2) is 0 Å². The van der Waals surface area contributed by atoms with Crippen LogP contribution in [0.15, 0.2) is 0 Å². The molecule has 0 bridgehead atoms. The molecule has 0 aromatic rings. The molecule has 0 aromatic carbocycles. The van der Waals surface area contributed by atoms with Gasteiger partial charge in [-0.15, -0.1) is 0 Å². The number of hydrogen-bond donors (Lipinski definition) is 1. The molecule has 0 spiro atoms. The molecule has 108 valence electrons. The summed E-state index contributed by atoms with van der Waals surface area (Å²) in [5.41, 5.74) is 0. The van der Waals surface area contributed by atoms with E-state index in [1.54, 1.807) is 4.90 Å². The molecule has 0 aromatic heterocycles. The third kappa shape index (κ3) is 3.28. The van der Waals surface area contributed by atoms with Crippen molar-refractivity contribution in [2.45, 2.75) is 40.0 Å². The number of hydrogen-bond acceptors (Lipinski definition) is 2. The molecule has 1 saturated heterocycles. The first kappa shape index (κ1) is 14.4. The summed E-state index contributed by atoms with van der Waals surface area (Å²) in [6.07, 6.45) is 2.82. The third-order valence-electron chi connectivity index (χ3n) is 4.90. The lowest BCUT2D eigenvalue weighted by Crippen LogP contribution is -2.31. The first-order valence-corrected chi connectivity index (χ1v) is 7.40. The van der Waals surface area contributed by atoms with Gasteiger partial charge in [-0.05, 0) is 36.5 Å². The van der Waals surface area contributed by atoms with Crippen LogP contribution >= 0.6 is 0 Å². The fourth-order valence-corrected chi connectivity index (χ4v) is 2.94. The predicted molar refractivity (Wildman–Crippen MR) is 72.5 cm³/mol. The maximum Gasteiger partial charge on any atom is 0.308 e. The second-order valence-electron chi connectivity index (χ2n) is 6.67. The van der Waals surface area contributed by atoms with Crippen molar-refractivity contribution < 1.29 is 14.7 Å². The molecule has 2 fully saturated rings. The van der Waals surface area contributed by atoms with E-state index >= 15 is 0 Å². The molecule has 3 atom stereocenters. The van der Waals surface area contributed by atoms with E-state index < -0.39 is 5.97 Å². The SMILES string of the molecule is CC(C)C(C)CC(=O)N1C[C@H](C(=O)O)[C@@H](C2CC2)C1. The zero-order valence-electron chi connectivity index (χ0n) is 12.1. The second-order valence-corrected chi connectivity index (χ2v) is 6.67. The van der Waals surface area contributed by atoms with Gasteiger partial charge in [-0.3, -0.25) is 9.59 Å². The summed E-state index contributed by atoms with van der Waals surface area (Å²) in [7, 11) is 0. The molecule has 1 aliphatic heterocycles. The zero-order valence-corrected chi connectivity index (χ0v) is 12.1. The van der Waals surface area contributed by atoms with Crippen molar-refractivity contribution in [1.29, 1.82) is 0 Å². The Bertz CT molecular complexity index is 362. The van der Waals surface area contributed by atoms with Crippen molar-refractivity contribution in [2.24, 2.45) is 29.6 Å². The molecular formula is C15H25NO3. The monoisotopic (exact) mass is 267 g/mol. The Labute approximate surface area is 115 Å². The van der Waals surface area contributed by atoms with Gasteiger partial charge in [-0.1, -0.05) is 20.8 Å². The topological polar surface area (TPSA) is 57.6 Å². The highest BCUT2D eigenvalue weighted by Gasteiger charge is 2.46. The highest BCUT2D eigenvalue weighted by Crippen LogP contribution is 2.44. The molecule has 4 nitrogen and oxygen atoms in total. The highest BCUT2D eigenvalue weighted by molar-refractivity contribution is 5.79. The van der Waals surface area contributed by atoms with E-state index in [4.69, 9.17) is 0 Å². The predicted octanol–water partition coefficient (Wildman–Crippen LogP) is 2.24. The van der Waals surface area contributed by atoms with Crippen LogP contribution in [0.3, 0.4) is 0 Å². The van der Waals surface area contributed by atoms with E-state index in [-0.39, 0.29) is 17.7 Å². The molecule has 1 saturated carbocycles. The van der Waals surface area contributed by atoms with Crippen LogP contribution in [0, 0.1) is 29.6 Å². The number of carbonyl (C=O) groups is 2. The minimum absolute atomic E-state index is 0.135. The molecule has 1 unspecified atom stereocenters. The van der Waals surface area contributed by atoms with Crippen molar-refractivity contribution in [3.05, 3.63) is 0 Å². The fourth-order valence-electron chi connectivity index (χ4n) is 2.94. The van der Waals surface area contributed by atoms with Gasteiger partial charge < -0.3 is 10.0 Å². The molecule has 1 heterocycles. The lowest BCUT2D eigenvalue weighted by Gasteiger charge is -2.21. The molecule has 19 heavy (non-hydrogen) atoms. The van der Waals surface area contributed by atoms with Crippen molar-refractivity contribution in [3.8, 4) is 0 Å². The minimum Gasteiger partial charge on any atom is -0.481 e. The van der Waals surface area contributed by atoms with E-state index in [9.17, 15) is 14.7 Å². The normalized spacial score (nSPS) is 28.7. The molecule has 2 rings (SSSR count). The molecule has 2 aliphatic rings. The Hall–Kier alpha value is -1.06. The molecule has 1 N–H and O–H groups in total. The average Bonchev–Trinajstić information content (AvgIpc) is 3.07. The van der Waals surface area contributed by atoms with Gasteiger partial charge >= 0.3 is 5.97 Å². The number of rotatable bonds is 5. The lowest BCUT2D eigenvalue weighted by atomic mass is 9.92. The van der Waals surface area contributed by atoms with Crippen LogP contribution in [0.2, 0.25) is 0 Å². The van der Waals surface area contributed by atoms with Crippen molar-refractivity contribution in [1.82, 2.24) is 4.90 Å². The third-order valence-corrected chi connectivity index (χ3v) is 4.90. The summed E-state index contributed by atoms with van der Waals surface area (Å²) in [6.45, 7) is 7.40. The summed E-state index contributed by atoms with van der Waals surface area (Å²) in [5, 5.41) is 9.29. The Morgan fingerprint density at radius 3 is 2.32 bits per heavy atom. The van der Waals surface area contributed by atoms with Gasteiger partial charge in [-0.2, -0.15) is 0 Å². The maximum atomic E-state index is 12.2. The molecule has 1 aliphatic carbocycles. The van der Waals surface area contributed by atoms with Crippen LogP contribution in [0.25, 0.3) is 0 Å². The van der Waals surface area contributed by atoms with Crippen LogP contribution in [0.1, 0.15) is 40.0 Å². The summed E-state index contributed by atoms with van der Waals surface area (Å²) < 4.78 is 0. The number of nitrogens with zero attached hydrogens (tertiary/aromatic N) is 1. The first-order chi connectivity index (χ1) is 8.90. The Morgan fingerprint density at radius 1 is 1.21 bits per heavy atom. The van der Waals surface area contributed by atoms with Gasteiger partial charge in [-0.25, -0.2) is 0 Å². The van der Waals surface area contributed by atoms with Gasteiger partial charge in [0, 0.05) is 19.5 Å². The van der Waals surface area contributed by atoms with Crippen LogP contribution in [-0.4, -0.2) is 35.0 Å². The Balaban J connectivity index is 1.94. The summed E-state index contributed by atoms with van der Waals surface area (Å²) in [5.74, 6) is 0.638. The van der Waals surface area contributed by atoms with Crippen molar-refractivity contribution in [2.75, 3.05) is 13.1 Å². The smallest absolute Gasteiger partial charge is 0.308 e. The van der Waals surface area contributed by atoms with Crippen LogP contribution < -0.4 is 0 Å². The first-order valence-electron chi connectivity index (χ1n) is 7.40. The van der Waals surface area contributed by atoms with E-state index in [2.05, 4.69) is 20.8 Å². The Morgan fingerprint density at radius 2 is 1.84 bits per heavy atom. The van der Waals surface area contributed by atoms with E-state index in [0.717, 1.165) is 12.8 Å². The van der Waals surface area contributed by atoms with E-state index in [0.29, 0.717) is 37.3 Å². The Kier molecular flexibility index (Phi) is 4.16. The highest BCUT2D eigenvalue weighted by atomic mass is 16.4. The van der Waals surface area contributed by atoms with Gasteiger partial charge in [0.2, 0.25) is 5.91 Å². The molecule has 4 heteroatoms. The van der Waals surface area contributed by atoms with Crippen molar-refractivity contribution in [3.63, 3.8) is 0 Å². The molecular weight excluding hydrogens is 242 g/mol. The largest absolute Gasteiger partial charge is 0.481 e. The van der Waals surface area contributed by atoms with E-state index in [1.165, 1.54) is 0 Å². The number of aliphatic carboxylic acids is 1. The lowest BCUT2D eigenvalue weighted by molar-refractivity contribution is -0.142. The maximum absolute atomic E-state index is 12.2. The number of amides is 1. The molecule has 1 amide bonds. The van der Waals surface area contributed by atoms with Crippen molar-refractivity contribution >= 4 is 11.9 Å². The zero-order chi connectivity index (χ0) is 14.2. The quantitative estimate of drug-likeness (QED) is 0.831. The standard InChI is InChI=1S/C15H25NO3/c1-9(2)10(3)6-14(17)16-7-12(11-4-5-11)13(8-16)15(18)19/h9-13H,4-8H2,1-3H3,(H,18,19)/t10?,12-,13+/m1/s1. The van der Waals surface area contributed by atoms with Crippen LogP contribution in [-0.2, 0) is 9.59 Å². The number of carboxylic acids is 1. The number of carbonyl (C=O) groups excluding carboxylic acids is 1. The number of likely N-dealkylation sites (tertiary alicyclic amines) is 1. The van der Waals surface area contributed by atoms with Gasteiger partial charge in [0.25, 0.3) is 0 Å². The van der Waals surface area contributed by atoms with E-state index in [1.807, 2.05) is 0 Å². The van der Waals surface area contributed by atoms with Crippen LogP contribution in [0.5, 0.6) is 0 Å².